The fourth-order valence-electron chi connectivity index (χ4n) is 3.99. The van der Waals surface area contributed by atoms with Crippen LogP contribution in [0.15, 0.2) is 48.8 Å². The molecule has 0 aliphatic carbocycles. The molecule has 142 valence electrons. The van der Waals surface area contributed by atoms with Gasteiger partial charge in [0.2, 0.25) is 5.91 Å². The van der Waals surface area contributed by atoms with Gasteiger partial charge in [-0.2, -0.15) is 0 Å². The van der Waals surface area contributed by atoms with Crippen LogP contribution < -0.4 is 0 Å². The monoisotopic (exact) mass is 365 g/mol. The number of rotatable bonds is 5. The molecule has 0 bridgehead atoms. The zero-order valence-corrected chi connectivity index (χ0v) is 15.7. The molecule has 1 saturated heterocycles. The number of benzene rings is 1. The number of fused-ring (bicyclic) bond motifs is 1. The van der Waals surface area contributed by atoms with Gasteiger partial charge in [0, 0.05) is 45.1 Å². The second-order valence-corrected chi connectivity index (χ2v) is 7.34. The molecule has 2 aliphatic rings. The van der Waals surface area contributed by atoms with Gasteiger partial charge in [0.1, 0.15) is 0 Å². The third kappa shape index (κ3) is 4.54. The summed E-state index contributed by atoms with van der Waals surface area (Å²) in [6.07, 6.45) is 6.02. The van der Waals surface area contributed by atoms with E-state index in [2.05, 4.69) is 40.2 Å². The first kappa shape index (κ1) is 18.1. The summed E-state index contributed by atoms with van der Waals surface area (Å²) in [5, 5.41) is 0. The van der Waals surface area contributed by atoms with Gasteiger partial charge in [-0.25, -0.2) is 0 Å². The van der Waals surface area contributed by atoms with Crippen molar-refractivity contribution in [1.29, 1.82) is 0 Å². The molecular weight excluding hydrogens is 338 g/mol. The van der Waals surface area contributed by atoms with Crippen LogP contribution in [0.1, 0.15) is 29.2 Å². The van der Waals surface area contributed by atoms with Crippen LogP contribution in [-0.2, 0) is 22.4 Å². The number of nitrogens with zero attached hydrogens (tertiary/aromatic N) is 3. The molecular formula is C22H27N3O2. The zero-order chi connectivity index (χ0) is 18.5. The van der Waals surface area contributed by atoms with Crippen LogP contribution in [0.2, 0.25) is 0 Å². The largest absolute Gasteiger partial charge is 0.373 e. The Labute approximate surface area is 161 Å². The second kappa shape index (κ2) is 8.63. The summed E-state index contributed by atoms with van der Waals surface area (Å²) in [7, 11) is 0. The average molecular weight is 365 g/mol. The number of hydrogen-bond donors (Lipinski definition) is 0. The normalized spacial score (nSPS) is 20.3. The van der Waals surface area contributed by atoms with E-state index in [1.54, 1.807) is 0 Å². The van der Waals surface area contributed by atoms with Crippen molar-refractivity contribution in [1.82, 2.24) is 14.8 Å². The molecule has 0 N–H and O–H groups in total. The van der Waals surface area contributed by atoms with Crippen molar-refractivity contribution in [3.8, 4) is 0 Å². The van der Waals surface area contributed by atoms with Gasteiger partial charge in [0.15, 0.2) is 0 Å². The van der Waals surface area contributed by atoms with Crippen molar-refractivity contribution < 1.29 is 9.53 Å². The smallest absolute Gasteiger partial charge is 0.225 e. The van der Waals surface area contributed by atoms with Gasteiger partial charge >= 0.3 is 0 Å². The lowest BCUT2D eigenvalue weighted by Gasteiger charge is -2.36. The first-order valence-corrected chi connectivity index (χ1v) is 9.88. The van der Waals surface area contributed by atoms with Crippen LogP contribution in [0.5, 0.6) is 0 Å². The van der Waals surface area contributed by atoms with Gasteiger partial charge in [-0.15, -0.1) is 0 Å². The minimum atomic E-state index is -0.0906. The van der Waals surface area contributed by atoms with Gasteiger partial charge in [-0.3, -0.25) is 14.7 Å². The van der Waals surface area contributed by atoms with Crippen molar-refractivity contribution in [2.75, 3.05) is 39.3 Å². The standard InChI is InChI=1S/C22H27N3O2/c26-22(17-21-20-4-2-1-3-19(20)8-16-27-21)25-14-12-24(13-15-25)11-7-18-5-9-23-10-6-18/h1-6,9-10,21H,7-8,11-17H2. The van der Waals surface area contributed by atoms with Crippen LogP contribution in [-0.4, -0.2) is 60.0 Å². The van der Waals surface area contributed by atoms with E-state index in [-0.39, 0.29) is 12.0 Å². The molecule has 1 aromatic carbocycles. The number of carbonyl (C=O) groups excluding carboxylic acids is 1. The molecule has 1 amide bonds. The number of pyridine rings is 1. The molecule has 2 aliphatic heterocycles. The molecule has 0 radical (unpaired) electrons. The van der Waals surface area contributed by atoms with Crippen molar-refractivity contribution in [2.45, 2.75) is 25.4 Å². The summed E-state index contributed by atoms with van der Waals surface area (Å²) in [5.41, 5.74) is 3.83. The Morgan fingerprint density at radius 3 is 2.67 bits per heavy atom. The van der Waals surface area contributed by atoms with E-state index in [1.807, 2.05) is 23.4 Å². The van der Waals surface area contributed by atoms with Gasteiger partial charge in [-0.05, 0) is 41.7 Å². The van der Waals surface area contributed by atoms with Crippen LogP contribution in [0.3, 0.4) is 0 Å². The molecule has 1 aromatic heterocycles. The number of piperazine rings is 1. The average Bonchev–Trinajstić information content (AvgIpc) is 2.74. The molecule has 3 heterocycles. The maximum absolute atomic E-state index is 12.8. The summed E-state index contributed by atoms with van der Waals surface area (Å²) < 4.78 is 5.91. The molecule has 1 atom stereocenters. The molecule has 1 fully saturated rings. The van der Waals surface area contributed by atoms with Crippen LogP contribution in [0, 0.1) is 0 Å². The quantitative estimate of drug-likeness (QED) is 0.817. The molecule has 1 unspecified atom stereocenters. The predicted molar refractivity (Wildman–Crippen MR) is 104 cm³/mol. The topological polar surface area (TPSA) is 45.7 Å². The van der Waals surface area contributed by atoms with Crippen molar-refractivity contribution in [3.63, 3.8) is 0 Å². The fraction of sp³-hybridized carbons (Fsp3) is 0.455. The van der Waals surface area contributed by atoms with Crippen molar-refractivity contribution >= 4 is 5.91 Å². The fourth-order valence-corrected chi connectivity index (χ4v) is 3.99. The lowest BCUT2D eigenvalue weighted by Crippen LogP contribution is -2.49. The number of amides is 1. The first-order chi connectivity index (χ1) is 13.3. The maximum atomic E-state index is 12.8. The Bertz CT molecular complexity index is 757. The number of hydrogen-bond acceptors (Lipinski definition) is 4. The van der Waals surface area contributed by atoms with E-state index in [9.17, 15) is 4.79 Å². The van der Waals surface area contributed by atoms with E-state index in [4.69, 9.17) is 4.74 Å². The van der Waals surface area contributed by atoms with Gasteiger partial charge < -0.3 is 9.64 Å². The SMILES string of the molecule is O=C(CC1OCCc2ccccc21)N1CCN(CCc2ccncc2)CC1. The molecule has 5 nitrogen and oxygen atoms in total. The Kier molecular flexibility index (Phi) is 5.80. The Morgan fingerprint density at radius 1 is 1.07 bits per heavy atom. The summed E-state index contributed by atoms with van der Waals surface area (Å²) in [4.78, 5) is 21.3. The van der Waals surface area contributed by atoms with Crippen molar-refractivity contribution in [3.05, 3.63) is 65.5 Å². The summed E-state index contributed by atoms with van der Waals surface area (Å²) in [5.74, 6) is 0.213. The third-order valence-electron chi connectivity index (χ3n) is 5.64. The Morgan fingerprint density at radius 2 is 1.85 bits per heavy atom. The minimum Gasteiger partial charge on any atom is -0.373 e. The summed E-state index contributed by atoms with van der Waals surface area (Å²) in [6, 6.07) is 12.5. The van der Waals surface area contributed by atoms with Crippen LogP contribution >= 0.6 is 0 Å². The van der Waals surface area contributed by atoms with E-state index in [0.29, 0.717) is 13.0 Å². The number of carbonyl (C=O) groups is 1. The highest BCUT2D eigenvalue weighted by Crippen LogP contribution is 2.30. The minimum absolute atomic E-state index is 0.0906. The molecule has 4 rings (SSSR count). The summed E-state index contributed by atoms with van der Waals surface area (Å²) in [6.45, 7) is 5.24. The van der Waals surface area contributed by atoms with Gasteiger partial charge in [0.25, 0.3) is 0 Å². The highest BCUT2D eigenvalue weighted by molar-refractivity contribution is 5.77. The highest BCUT2D eigenvalue weighted by Gasteiger charge is 2.27. The highest BCUT2D eigenvalue weighted by atomic mass is 16.5. The van der Waals surface area contributed by atoms with Crippen LogP contribution in [0.4, 0.5) is 0 Å². The molecule has 27 heavy (non-hydrogen) atoms. The van der Waals surface area contributed by atoms with Crippen molar-refractivity contribution in [2.24, 2.45) is 0 Å². The van der Waals surface area contributed by atoms with E-state index >= 15 is 0 Å². The lowest BCUT2D eigenvalue weighted by molar-refractivity contribution is -0.136. The first-order valence-electron chi connectivity index (χ1n) is 9.88. The Hall–Kier alpha value is -2.24. The Balaban J connectivity index is 1.26. The zero-order valence-electron chi connectivity index (χ0n) is 15.7. The molecule has 0 spiro atoms. The van der Waals surface area contributed by atoms with Crippen LogP contribution in [0.25, 0.3) is 0 Å². The maximum Gasteiger partial charge on any atom is 0.225 e. The third-order valence-corrected chi connectivity index (χ3v) is 5.64. The number of aromatic nitrogens is 1. The molecule has 0 saturated carbocycles. The molecule has 2 aromatic rings. The lowest BCUT2D eigenvalue weighted by atomic mass is 9.95. The number of ether oxygens (including phenoxy) is 1. The summed E-state index contributed by atoms with van der Waals surface area (Å²) >= 11 is 0. The van der Waals surface area contributed by atoms with E-state index in [1.165, 1.54) is 16.7 Å². The van der Waals surface area contributed by atoms with Gasteiger partial charge in [-0.1, -0.05) is 24.3 Å². The molecule has 5 heteroatoms. The second-order valence-electron chi connectivity index (χ2n) is 7.34. The van der Waals surface area contributed by atoms with E-state index < -0.39 is 0 Å². The predicted octanol–water partition coefficient (Wildman–Crippen LogP) is 2.47. The van der Waals surface area contributed by atoms with E-state index in [0.717, 1.165) is 45.6 Å². The van der Waals surface area contributed by atoms with Gasteiger partial charge in [0.05, 0.1) is 19.1 Å².